The molecule has 0 fully saturated rings. The van der Waals surface area contributed by atoms with E-state index in [-0.39, 0.29) is 43.0 Å². The molecule has 190 valence electrons. The van der Waals surface area contributed by atoms with Gasteiger partial charge in [0.25, 0.3) is 5.56 Å². The number of carbonyl (C=O) groups excluding carboxylic acids is 2. The summed E-state index contributed by atoms with van der Waals surface area (Å²) in [4.78, 5) is 52.5. The third kappa shape index (κ3) is 7.18. The Kier molecular flexibility index (Phi) is 9.62. The Morgan fingerprint density at radius 3 is 2.17 bits per heavy atom. The van der Waals surface area contributed by atoms with Crippen LogP contribution in [0, 0.1) is 5.92 Å². The highest BCUT2D eigenvalue weighted by molar-refractivity contribution is 5.71. The van der Waals surface area contributed by atoms with Crippen molar-refractivity contribution in [3.63, 3.8) is 0 Å². The number of unbranched alkanes of at least 4 members (excludes halogenated alkanes) is 1. The number of rotatable bonds is 11. The van der Waals surface area contributed by atoms with Crippen molar-refractivity contribution in [3.8, 4) is 11.6 Å². The second kappa shape index (κ2) is 13.1. The van der Waals surface area contributed by atoms with E-state index in [0.717, 1.165) is 10.1 Å². The number of hydrogen-bond acceptors (Lipinski definition) is 7. The molecule has 1 atom stereocenters. The van der Waals surface area contributed by atoms with Gasteiger partial charge in [-0.25, -0.2) is 14.2 Å². The Morgan fingerprint density at radius 1 is 0.917 bits per heavy atom. The van der Waals surface area contributed by atoms with E-state index in [1.54, 1.807) is 37.3 Å². The van der Waals surface area contributed by atoms with Crippen molar-refractivity contribution >= 4 is 12.1 Å². The lowest BCUT2D eigenvalue weighted by atomic mass is 10.1. The van der Waals surface area contributed by atoms with Crippen molar-refractivity contribution in [2.24, 2.45) is 5.92 Å². The number of esters is 1. The number of nitrogens with zero attached hydrogens (tertiary/aromatic N) is 1. The van der Waals surface area contributed by atoms with Gasteiger partial charge in [-0.1, -0.05) is 62.4 Å². The number of para-hydroxylation sites is 1. The van der Waals surface area contributed by atoms with Crippen LogP contribution in [0.25, 0.3) is 5.69 Å². The molecule has 1 unspecified atom stereocenters. The highest BCUT2D eigenvalue weighted by Crippen LogP contribution is 2.16. The van der Waals surface area contributed by atoms with Gasteiger partial charge in [-0.3, -0.25) is 14.6 Å². The van der Waals surface area contributed by atoms with Crippen molar-refractivity contribution in [2.75, 3.05) is 13.2 Å². The molecule has 3 rings (SSSR count). The number of carbonyl (C=O) groups is 2. The SMILES string of the molecule is CCC(C)C(=O)OCCCCOC(=O)Oc1[nH]c(=O)n(-c2ccccc2)c(=O)c1Cc1ccccc1. The van der Waals surface area contributed by atoms with Crippen LogP contribution < -0.4 is 16.0 Å². The van der Waals surface area contributed by atoms with E-state index in [0.29, 0.717) is 24.9 Å². The lowest BCUT2D eigenvalue weighted by Gasteiger charge is -2.13. The molecular weight excluding hydrogens is 464 g/mol. The highest BCUT2D eigenvalue weighted by Gasteiger charge is 2.20. The van der Waals surface area contributed by atoms with Gasteiger partial charge in [-0.2, -0.15) is 0 Å². The molecule has 0 amide bonds. The summed E-state index contributed by atoms with van der Waals surface area (Å²) in [6.07, 6.45) is 0.754. The van der Waals surface area contributed by atoms with Gasteiger partial charge in [0.2, 0.25) is 5.88 Å². The molecule has 0 saturated heterocycles. The Labute approximate surface area is 208 Å². The maximum atomic E-state index is 13.3. The maximum Gasteiger partial charge on any atom is 0.515 e. The van der Waals surface area contributed by atoms with Crippen LogP contribution in [-0.2, 0) is 20.7 Å². The van der Waals surface area contributed by atoms with Gasteiger partial charge < -0.3 is 14.2 Å². The molecule has 1 aromatic heterocycles. The Morgan fingerprint density at radius 2 is 1.53 bits per heavy atom. The molecule has 9 nitrogen and oxygen atoms in total. The zero-order chi connectivity index (χ0) is 25.9. The average molecular weight is 495 g/mol. The van der Waals surface area contributed by atoms with Crippen LogP contribution in [0.1, 0.15) is 44.2 Å². The molecule has 0 aliphatic heterocycles. The topological polar surface area (TPSA) is 117 Å². The first-order valence-corrected chi connectivity index (χ1v) is 11.9. The normalized spacial score (nSPS) is 11.5. The molecule has 2 aromatic carbocycles. The fourth-order valence-corrected chi connectivity index (χ4v) is 3.36. The Balaban J connectivity index is 1.70. The lowest BCUT2D eigenvalue weighted by molar-refractivity contribution is -0.148. The number of hydrogen-bond donors (Lipinski definition) is 1. The lowest BCUT2D eigenvalue weighted by Crippen LogP contribution is -2.37. The largest absolute Gasteiger partial charge is 0.515 e. The number of aromatic nitrogens is 2. The third-order valence-electron chi connectivity index (χ3n) is 5.60. The highest BCUT2D eigenvalue weighted by atomic mass is 16.7. The van der Waals surface area contributed by atoms with E-state index in [1.807, 2.05) is 37.3 Å². The molecule has 0 aliphatic rings. The van der Waals surface area contributed by atoms with Crippen LogP contribution >= 0.6 is 0 Å². The molecule has 1 heterocycles. The maximum absolute atomic E-state index is 13.3. The summed E-state index contributed by atoms with van der Waals surface area (Å²) in [5.41, 5.74) is -0.0418. The molecular formula is C27H30N2O7. The van der Waals surface area contributed by atoms with Crippen LogP contribution in [-0.4, -0.2) is 34.9 Å². The Bertz CT molecular complexity index is 1270. The van der Waals surface area contributed by atoms with E-state index in [1.165, 1.54) is 0 Å². The van der Waals surface area contributed by atoms with E-state index in [2.05, 4.69) is 4.98 Å². The third-order valence-corrected chi connectivity index (χ3v) is 5.60. The van der Waals surface area contributed by atoms with Crippen molar-refractivity contribution in [1.29, 1.82) is 0 Å². The van der Waals surface area contributed by atoms with Gasteiger partial charge in [-0.15, -0.1) is 0 Å². The first kappa shape index (κ1) is 26.5. The summed E-state index contributed by atoms with van der Waals surface area (Å²) >= 11 is 0. The van der Waals surface area contributed by atoms with Gasteiger partial charge >= 0.3 is 17.8 Å². The quantitative estimate of drug-likeness (QED) is 0.316. The summed E-state index contributed by atoms with van der Waals surface area (Å²) < 4.78 is 16.5. The van der Waals surface area contributed by atoms with Crippen LogP contribution in [0.4, 0.5) is 4.79 Å². The molecule has 0 spiro atoms. The summed E-state index contributed by atoms with van der Waals surface area (Å²) in [6, 6.07) is 17.6. The van der Waals surface area contributed by atoms with Crippen LogP contribution in [0.3, 0.4) is 0 Å². The number of nitrogens with one attached hydrogen (secondary N) is 1. The fourth-order valence-electron chi connectivity index (χ4n) is 3.36. The van der Waals surface area contributed by atoms with E-state index in [4.69, 9.17) is 14.2 Å². The fraction of sp³-hybridized carbons (Fsp3) is 0.333. The first-order valence-electron chi connectivity index (χ1n) is 11.9. The van der Waals surface area contributed by atoms with Gasteiger partial charge in [0.15, 0.2) is 0 Å². The zero-order valence-electron chi connectivity index (χ0n) is 20.4. The molecule has 1 N–H and O–H groups in total. The Hall–Kier alpha value is -4.14. The van der Waals surface area contributed by atoms with Crippen molar-refractivity contribution in [1.82, 2.24) is 9.55 Å². The molecule has 0 bridgehead atoms. The summed E-state index contributed by atoms with van der Waals surface area (Å²) in [7, 11) is 0. The molecule has 36 heavy (non-hydrogen) atoms. The summed E-state index contributed by atoms with van der Waals surface area (Å²) in [6.45, 7) is 3.97. The summed E-state index contributed by atoms with van der Waals surface area (Å²) in [5, 5.41) is 0. The van der Waals surface area contributed by atoms with Gasteiger partial charge in [-0.05, 0) is 37.0 Å². The van der Waals surface area contributed by atoms with Gasteiger partial charge in [0, 0.05) is 6.42 Å². The molecule has 0 radical (unpaired) electrons. The van der Waals surface area contributed by atoms with Crippen LogP contribution in [0.5, 0.6) is 5.88 Å². The molecule has 0 aliphatic carbocycles. The molecule has 9 heteroatoms. The standard InChI is InChI=1S/C27H30N2O7/c1-3-19(2)25(31)34-16-10-11-17-35-27(33)36-23-22(18-20-12-6-4-7-13-20)24(30)29(26(32)28-23)21-14-8-5-9-15-21/h4-9,12-15,19H,3,10-11,16-18H2,1-2H3,(H,28,32). The van der Waals surface area contributed by atoms with Gasteiger partial charge in [0.1, 0.15) is 0 Å². The van der Waals surface area contributed by atoms with E-state index >= 15 is 0 Å². The van der Waals surface area contributed by atoms with Gasteiger partial charge in [0.05, 0.1) is 30.4 Å². The average Bonchev–Trinajstić information content (AvgIpc) is 2.89. The monoisotopic (exact) mass is 494 g/mol. The minimum Gasteiger partial charge on any atom is -0.465 e. The second-order valence-corrected chi connectivity index (χ2v) is 8.26. The summed E-state index contributed by atoms with van der Waals surface area (Å²) in [5.74, 6) is -0.660. The first-order chi connectivity index (χ1) is 17.4. The second-order valence-electron chi connectivity index (χ2n) is 8.26. The smallest absolute Gasteiger partial charge is 0.465 e. The molecule has 0 saturated carbocycles. The van der Waals surface area contributed by atoms with E-state index in [9.17, 15) is 19.2 Å². The number of H-pyrrole nitrogens is 1. The number of ether oxygens (including phenoxy) is 3. The van der Waals surface area contributed by atoms with Crippen molar-refractivity contribution in [2.45, 2.75) is 39.5 Å². The number of benzene rings is 2. The molecule has 3 aromatic rings. The van der Waals surface area contributed by atoms with Crippen molar-refractivity contribution in [3.05, 3.63) is 92.6 Å². The zero-order valence-corrected chi connectivity index (χ0v) is 20.4. The predicted octanol–water partition coefficient (Wildman–Crippen LogP) is 4.00. The van der Waals surface area contributed by atoms with Crippen LogP contribution in [0.2, 0.25) is 0 Å². The minimum atomic E-state index is -1.05. The van der Waals surface area contributed by atoms with E-state index < -0.39 is 17.4 Å². The minimum absolute atomic E-state index is 0.0268. The van der Waals surface area contributed by atoms with Crippen LogP contribution in [0.15, 0.2) is 70.3 Å². The number of aromatic amines is 1. The van der Waals surface area contributed by atoms with Crippen molar-refractivity contribution < 1.29 is 23.8 Å². The predicted molar refractivity (Wildman–Crippen MR) is 134 cm³/mol.